The number of hydrogen-bond donors (Lipinski definition) is 2. The molecular weight excluding hydrogens is 776 g/mol. The molecule has 294 valence electrons. The number of aliphatic hydroxyl groups excluding tert-OH is 1. The van der Waals surface area contributed by atoms with Crippen LogP contribution in [0.5, 0.6) is 0 Å². The topological polar surface area (TPSA) is 197 Å². The van der Waals surface area contributed by atoms with E-state index in [1.807, 2.05) is 13.8 Å². The maximum atomic E-state index is 12.1. The number of aliphatic hydroxyl groups is 1. The van der Waals surface area contributed by atoms with Gasteiger partial charge in [-0.3, -0.25) is 13.8 Å². The first-order chi connectivity index (χ1) is 24.8. The van der Waals surface area contributed by atoms with Gasteiger partial charge in [-0.2, -0.15) is 0 Å². The first-order valence-corrected chi connectivity index (χ1v) is 19.4. The number of imide groups is 1. The molecular formula is C37H48Cl2NNaO12S. The van der Waals surface area contributed by atoms with E-state index < -0.39 is 51.1 Å². The van der Waals surface area contributed by atoms with E-state index in [0.717, 1.165) is 17.7 Å². The molecule has 0 saturated carbocycles. The van der Waals surface area contributed by atoms with Gasteiger partial charge in [0, 0.05) is 16.0 Å². The summed E-state index contributed by atoms with van der Waals surface area (Å²) in [5, 5.41) is 19.5. The number of carbonyl (C=O) groups is 4. The zero-order valence-corrected chi connectivity index (χ0v) is 35.9. The fraction of sp³-hybridized carbons (Fsp3) is 0.514. The van der Waals surface area contributed by atoms with Crippen LogP contribution in [-0.4, -0.2) is 65.2 Å². The van der Waals surface area contributed by atoms with Gasteiger partial charge in [0.05, 0.1) is 24.1 Å². The number of Topliss-reactive ketones (excluding diaryl/α,β-unsaturated/α-hetero) is 1. The minimum atomic E-state index is -4.48. The number of nitrogens with zero attached hydrogens (tertiary/aromatic N) is 1. The number of allylic oxidation sites excluding steroid dienone is 2. The number of anilines is 1. The molecule has 1 saturated heterocycles. The van der Waals surface area contributed by atoms with Crippen LogP contribution in [0.15, 0.2) is 65.2 Å². The van der Waals surface area contributed by atoms with Crippen LogP contribution in [-0.2, 0) is 38.4 Å². The van der Waals surface area contributed by atoms with E-state index >= 15 is 0 Å². The van der Waals surface area contributed by atoms with Gasteiger partial charge in [-0.05, 0) is 62.6 Å². The number of hydrogen-bond acceptors (Lipinski definition) is 11. The van der Waals surface area contributed by atoms with Crippen LogP contribution < -0.4 is 34.5 Å². The van der Waals surface area contributed by atoms with E-state index in [0.29, 0.717) is 27.6 Å². The normalized spacial score (nSPS) is 20.7. The zero-order chi connectivity index (χ0) is 40.1. The second-order valence-electron chi connectivity index (χ2n) is 12.9. The number of ketones is 1. The third kappa shape index (κ3) is 14.1. The maximum Gasteiger partial charge on any atom is 1.00 e. The summed E-state index contributed by atoms with van der Waals surface area (Å²) in [5.74, 6) is -3.17. The summed E-state index contributed by atoms with van der Waals surface area (Å²) < 4.78 is 44.8. The molecule has 2 amide bonds. The summed E-state index contributed by atoms with van der Waals surface area (Å²) in [6, 6.07) is 4.42. The SMILES string of the molecule is C=CC1(C)OC(=O)N(c2cc(Cl)cc(Cl)c2)C1=O.CC1=C2C(=CO[C@H](C)[C@H]2C)C(=O)C(C(=O)O)=C1O.CCCCCCCCCCCCOS(=O)(=O)[O-].[Na+]. The third-order valence-corrected chi connectivity index (χ3v) is 9.75. The summed E-state index contributed by atoms with van der Waals surface area (Å²) >= 11 is 11.7. The molecule has 2 N–H and O–H groups in total. The van der Waals surface area contributed by atoms with Crippen molar-refractivity contribution in [2.45, 2.75) is 111 Å². The summed E-state index contributed by atoms with van der Waals surface area (Å²) in [7, 11) is -4.48. The zero-order valence-electron chi connectivity index (χ0n) is 31.6. The number of fused-ring (bicyclic) bond motifs is 1. The summed E-state index contributed by atoms with van der Waals surface area (Å²) in [5.41, 5.74) is -0.345. The van der Waals surface area contributed by atoms with Gasteiger partial charge in [-0.1, -0.05) is 101 Å². The molecule has 0 bridgehead atoms. The Morgan fingerprint density at radius 1 is 1.02 bits per heavy atom. The minimum absolute atomic E-state index is 0. The van der Waals surface area contributed by atoms with Crippen LogP contribution in [0.3, 0.4) is 0 Å². The van der Waals surface area contributed by atoms with Crippen molar-refractivity contribution >= 4 is 63.0 Å². The number of unbranched alkanes of at least 4 members (excludes halogenated alkanes) is 9. The van der Waals surface area contributed by atoms with Gasteiger partial charge in [0.15, 0.2) is 0 Å². The number of ether oxygens (including phenoxy) is 2. The van der Waals surface area contributed by atoms with E-state index in [1.54, 1.807) is 6.92 Å². The van der Waals surface area contributed by atoms with Gasteiger partial charge in [-0.25, -0.2) is 22.9 Å². The molecule has 0 radical (unpaired) electrons. The molecule has 0 spiro atoms. The smallest absolute Gasteiger partial charge is 0.726 e. The fourth-order valence-corrected chi connectivity index (χ4v) is 6.49. The molecule has 1 unspecified atom stereocenters. The maximum absolute atomic E-state index is 12.1. The Morgan fingerprint density at radius 2 is 1.54 bits per heavy atom. The summed E-state index contributed by atoms with van der Waals surface area (Å²) in [6.07, 6.45) is 13.4. The van der Waals surface area contributed by atoms with E-state index in [-0.39, 0.29) is 59.4 Å². The van der Waals surface area contributed by atoms with Crippen molar-refractivity contribution in [3.05, 3.63) is 75.2 Å². The molecule has 2 aliphatic heterocycles. The fourth-order valence-electron chi connectivity index (χ4n) is 5.66. The van der Waals surface area contributed by atoms with Gasteiger partial charge in [0.1, 0.15) is 17.4 Å². The average molecular weight is 825 g/mol. The van der Waals surface area contributed by atoms with Gasteiger partial charge < -0.3 is 24.2 Å². The predicted molar refractivity (Wildman–Crippen MR) is 199 cm³/mol. The van der Waals surface area contributed by atoms with Crippen molar-refractivity contribution in [1.82, 2.24) is 0 Å². The van der Waals surface area contributed by atoms with Crippen LogP contribution in [0, 0.1) is 5.92 Å². The van der Waals surface area contributed by atoms with Crippen molar-refractivity contribution in [2.75, 3.05) is 11.5 Å². The van der Waals surface area contributed by atoms with E-state index in [1.165, 1.54) is 82.4 Å². The Morgan fingerprint density at radius 3 is 2.00 bits per heavy atom. The quantitative estimate of drug-likeness (QED) is 0.0561. The van der Waals surface area contributed by atoms with Crippen LogP contribution in [0.4, 0.5) is 10.5 Å². The summed E-state index contributed by atoms with van der Waals surface area (Å²) in [6.45, 7) is 12.5. The van der Waals surface area contributed by atoms with Crippen LogP contribution >= 0.6 is 23.2 Å². The first-order valence-electron chi connectivity index (χ1n) is 17.3. The Labute approximate surface area is 349 Å². The number of amides is 2. The molecule has 0 aromatic heterocycles. The third-order valence-electron chi connectivity index (χ3n) is 8.86. The number of aliphatic carboxylic acids is 1. The van der Waals surface area contributed by atoms with E-state index in [2.05, 4.69) is 17.7 Å². The number of cyclic esters (lactones) is 1. The van der Waals surface area contributed by atoms with Gasteiger partial charge in [0.2, 0.25) is 21.8 Å². The second-order valence-corrected chi connectivity index (χ2v) is 14.8. The van der Waals surface area contributed by atoms with Crippen molar-refractivity contribution in [2.24, 2.45) is 5.92 Å². The molecule has 54 heavy (non-hydrogen) atoms. The minimum Gasteiger partial charge on any atom is -0.726 e. The molecule has 2 heterocycles. The summed E-state index contributed by atoms with van der Waals surface area (Å²) in [4.78, 5) is 47.8. The van der Waals surface area contributed by atoms with Crippen molar-refractivity contribution < 1.29 is 85.6 Å². The molecule has 1 aromatic carbocycles. The number of carbonyl (C=O) groups excluding carboxylic acids is 3. The monoisotopic (exact) mass is 823 g/mol. The van der Waals surface area contributed by atoms with Crippen molar-refractivity contribution in [1.29, 1.82) is 0 Å². The molecule has 3 atom stereocenters. The molecule has 1 aliphatic carbocycles. The van der Waals surface area contributed by atoms with Gasteiger partial charge in [-0.15, -0.1) is 0 Å². The molecule has 1 aromatic rings. The number of carboxylic acids is 1. The Kier molecular flexibility index (Phi) is 20.8. The Balaban J connectivity index is 0.000000402. The molecule has 13 nitrogen and oxygen atoms in total. The predicted octanol–water partition coefficient (Wildman–Crippen LogP) is 5.53. The van der Waals surface area contributed by atoms with Crippen molar-refractivity contribution in [3.8, 4) is 0 Å². The van der Waals surface area contributed by atoms with Crippen LogP contribution in [0.2, 0.25) is 10.0 Å². The number of carboxylic acid groups (broad SMARTS) is 1. The Hall–Kier alpha value is -2.69. The van der Waals surface area contributed by atoms with Crippen molar-refractivity contribution in [3.63, 3.8) is 0 Å². The van der Waals surface area contributed by atoms with E-state index in [4.69, 9.17) is 37.8 Å². The van der Waals surface area contributed by atoms with Gasteiger partial charge >= 0.3 is 41.6 Å². The second kappa shape index (κ2) is 22.8. The standard InChI is InChI=1S/C13H14O5.C12H9Cl2NO3.C12H26O4S.Na/c1-5-7(3)18-4-8-9(5)6(2)11(14)10(12(8)15)13(16)17;1-3-12(2)10(16)15(11(17)18-12)9-5-7(13)4-8(14)6-9;1-2-3-4-5-6-7-8-9-10-11-12-16-17(13,14)15;/h4-5,7,14H,1-3H3,(H,16,17);3-6H,1H2,2H3;2-12H2,1H3,(H,13,14,15);/q;;;+1/p-1/t5-,7-;;;/m1.../s1. The van der Waals surface area contributed by atoms with Crippen LogP contribution in [0.25, 0.3) is 0 Å². The molecule has 17 heteroatoms. The largest absolute Gasteiger partial charge is 1.00 e. The molecule has 3 aliphatic rings. The average Bonchev–Trinajstić information content (AvgIpc) is 3.30. The van der Waals surface area contributed by atoms with Crippen LogP contribution in [0.1, 0.15) is 98.8 Å². The van der Waals surface area contributed by atoms with Gasteiger partial charge in [0.25, 0.3) is 5.91 Å². The number of rotatable bonds is 15. The first kappa shape index (κ1) is 49.3. The van der Waals surface area contributed by atoms with E-state index in [9.17, 15) is 37.3 Å². The molecule has 4 rings (SSSR count). The molecule has 1 fully saturated rings. The Bertz CT molecular complexity index is 1720. The number of halogens is 2. The number of benzene rings is 1.